The molecule has 4 nitrogen and oxygen atoms in total. The number of nitrogens with one attached hydrogen (secondary N) is 1. The Morgan fingerprint density at radius 1 is 1.47 bits per heavy atom. The second-order valence-corrected chi connectivity index (χ2v) is 6.70. The number of carbonyl (C=O) groups excluding carboxylic acids is 1. The summed E-state index contributed by atoms with van der Waals surface area (Å²) in [5, 5.41) is 3.00. The summed E-state index contributed by atoms with van der Waals surface area (Å²) in [5.41, 5.74) is 5.93. The summed E-state index contributed by atoms with van der Waals surface area (Å²) < 4.78 is 5.91. The Hall–Kier alpha value is -0.610. The van der Waals surface area contributed by atoms with Gasteiger partial charge in [-0.15, -0.1) is 0 Å². The van der Waals surface area contributed by atoms with Crippen molar-refractivity contribution >= 4 is 5.91 Å². The molecule has 1 rings (SSSR count). The van der Waals surface area contributed by atoms with Gasteiger partial charge in [0.25, 0.3) is 0 Å². The third kappa shape index (κ3) is 5.11. The Balaban J connectivity index is 2.47. The van der Waals surface area contributed by atoms with Crippen LogP contribution in [0.2, 0.25) is 0 Å². The average molecular weight is 270 g/mol. The number of hydrogen-bond acceptors (Lipinski definition) is 3. The predicted molar refractivity (Wildman–Crippen MR) is 77.8 cm³/mol. The maximum Gasteiger partial charge on any atom is 0.236 e. The quantitative estimate of drug-likeness (QED) is 0.804. The summed E-state index contributed by atoms with van der Waals surface area (Å²) in [6.07, 6.45) is 4.09. The highest BCUT2D eigenvalue weighted by Crippen LogP contribution is 2.33. The standard InChI is InChI=1S/C15H30N2O2/c1-5-7-12(16)14(18)17-10-11-8-6-9-19-13(11)15(2,3)4/h11-13H,5-10,16H2,1-4H3,(H,17,18). The predicted octanol–water partition coefficient (Wildman–Crippen LogP) is 2.07. The minimum Gasteiger partial charge on any atom is -0.377 e. The molecule has 0 radical (unpaired) electrons. The first kappa shape index (κ1) is 16.4. The Labute approximate surface area is 117 Å². The van der Waals surface area contributed by atoms with Crippen LogP contribution in [0, 0.1) is 11.3 Å². The van der Waals surface area contributed by atoms with Crippen LogP contribution in [0.1, 0.15) is 53.4 Å². The molecular formula is C15H30N2O2. The van der Waals surface area contributed by atoms with Gasteiger partial charge in [-0.25, -0.2) is 0 Å². The molecule has 0 bridgehead atoms. The Morgan fingerprint density at radius 2 is 2.16 bits per heavy atom. The van der Waals surface area contributed by atoms with Crippen LogP contribution < -0.4 is 11.1 Å². The maximum absolute atomic E-state index is 11.9. The monoisotopic (exact) mass is 270 g/mol. The summed E-state index contributed by atoms with van der Waals surface area (Å²) >= 11 is 0. The van der Waals surface area contributed by atoms with Crippen LogP contribution in [0.25, 0.3) is 0 Å². The van der Waals surface area contributed by atoms with Crippen molar-refractivity contribution in [2.45, 2.75) is 65.5 Å². The third-order valence-corrected chi connectivity index (χ3v) is 3.77. The Kier molecular flexibility index (Phi) is 6.27. The molecule has 0 saturated carbocycles. The fraction of sp³-hybridized carbons (Fsp3) is 0.933. The van der Waals surface area contributed by atoms with Crippen LogP contribution in [0.15, 0.2) is 0 Å². The van der Waals surface area contributed by atoms with Crippen LogP contribution in [0.5, 0.6) is 0 Å². The summed E-state index contributed by atoms with van der Waals surface area (Å²) in [6.45, 7) is 10.1. The highest BCUT2D eigenvalue weighted by Gasteiger charge is 2.35. The average Bonchev–Trinajstić information content (AvgIpc) is 2.35. The topological polar surface area (TPSA) is 64.4 Å². The van der Waals surface area contributed by atoms with Crippen molar-refractivity contribution in [2.75, 3.05) is 13.2 Å². The molecule has 1 aliphatic rings. The fourth-order valence-corrected chi connectivity index (χ4v) is 2.81. The smallest absolute Gasteiger partial charge is 0.236 e. The van der Waals surface area contributed by atoms with Crippen molar-refractivity contribution in [1.82, 2.24) is 5.32 Å². The van der Waals surface area contributed by atoms with Crippen LogP contribution in [0.4, 0.5) is 0 Å². The SMILES string of the molecule is CCCC(N)C(=O)NCC1CCCOC1C(C)(C)C. The first-order valence-electron chi connectivity index (χ1n) is 7.51. The van der Waals surface area contributed by atoms with E-state index in [4.69, 9.17) is 10.5 Å². The van der Waals surface area contributed by atoms with E-state index in [0.29, 0.717) is 12.5 Å². The van der Waals surface area contributed by atoms with Crippen molar-refractivity contribution in [2.24, 2.45) is 17.1 Å². The number of carbonyl (C=O) groups is 1. The van der Waals surface area contributed by atoms with E-state index in [1.165, 1.54) is 0 Å². The molecule has 1 saturated heterocycles. The molecule has 3 atom stereocenters. The minimum atomic E-state index is -0.373. The van der Waals surface area contributed by atoms with E-state index < -0.39 is 0 Å². The zero-order valence-electron chi connectivity index (χ0n) is 12.9. The van der Waals surface area contributed by atoms with Gasteiger partial charge in [0.15, 0.2) is 0 Å². The number of rotatable bonds is 5. The highest BCUT2D eigenvalue weighted by molar-refractivity contribution is 5.81. The van der Waals surface area contributed by atoms with Gasteiger partial charge in [0.1, 0.15) is 0 Å². The fourth-order valence-electron chi connectivity index (χ4n) is 2.81. The van der Waals surface area contributed by atoms with Gasteiger partial charge in [-0.3, -0.25) is 4.79 Å². The lowest BCUT2D eigenvalue weighted by molar-refractivity contribution is -0.124. The van der Waals surface area contributed by atoms with Crippen molar-refractivity contribution in [3.8, 4) is 0 Å². The molecule has 0 aromatic carbocycles. The largest absolute Gasteiger partial charge is 0.377 e. The molecule has 3 N–H and O–H groups in total. The number of nitrogens with two attached hydrogens (primary N) is 1. The van der Waals surface area contributed by atoms with Gasteiger partial charge in [0.2, 0.25) is 5.91 Å². The molecule has 0 aromatic rings. The molecule has 0 spiro atoms. The molecule has 4 heteroatoms. The Bertz CT molecular complexity index is 286. The minimum absolute atomic E-state index is 0.0277. The van der Waals surface area contributed by atoms with Gasteiger partial charge in [-0.2, -0.15) is 0 Å². The van der Waals surface area contributed by atoms with Crippen LogP contribution in [-0.2, 0) is 9.53 Å². The molecule has 112 valence electrons. The van der Waals surface area contributed by atoms with Gasteiger partial charge < -0.3 is 15.8 Å². The molecule has 1 fully saturated rings. The second-order valence-electron chi connectivity index (χ2n) is 6.70. The molecular weight excluding hydrogens is 240 g/mol. The highest BCUT2D eigenvalue weighted by atomic mass is 16.5. The number of amides is 1. The zero-order chi connectivity index (χ0) is 14.5. The molecule has 0 aromatic heterocycles. The lowest BCUT2D eigenvalue weighted by atomic mass is 9.78. The van der Waals surface area contributed by atoms with E-state index in [1.807, 2.05) is 6.92 Å². The lowest BCUT2D eigenvalue weighted by Gasteiger charge is -2.40. The second kappa shape index (κ2) is 7.25. The van der Waals surface area contributed by atoms with Crippen molar-refractivity contribution in [1.29, 1.82) is 0 Å². The van der Waals surface area contributed by atoms with Gasteiger partial charge in [-0.1, -0.05) is 34.1 Å². The van der Waals surface area contributed by atoms with E-state index in [0.717, 1.165) is 32.3 Å². The summed E-state index contributed by atoms with van der Waals surface area (Å²) in [7, 11) is 0. The van der Waals surface area contributed by atoms with E-state index in [2.05, 4.69) is 26.1 Å². The van der Waals surface area contributed by atoms with Crippen molar-refractivity contribution < 1.29 is 9.53 Å². The molecule has 3 unspecified atom stereocenters. The van der Waals surface area contributed by atoms with Crippen LogP contribution >= 0.6 is 0 Å². The first-order valence-corrected chi connectivity index (χ1v) is 7.51. The van der Waals surface area contributed by atoms with Gasteiger partial charge in [-0.05, 0) is 24.7 Å². The van der Waals surface area contributed by atoms with Gasteiger partial charge in [0, 0.05) is 19.1 Å². The summed E-state index contributed by atoms with van der Waals surface area (Å²) in [5.74, 6) is 0.367. The van der Waals surface area contributed by atoms with E-state index >= 15 is 0 Å². The van der Waals surface area contributed by atoms with E-state index in [9.17, 15) is 4.79 Å². The molecule has 0 aliphatic carbocycles. The Morgan fingerprint density at radius 3 is 2.74 bits per heavy atom. The summed E-state index contributed by atoms with van der Waals surface area (Å²) in [6, 6.07) is -0.373. The normalized spacial score (nSPS) is 25.9. The molecule has 1 aliphatic heterocycles. The number of hydrogen-bond donors (Lipinski definition) is 2. The van der Waals surface area contributed by atoms with E-state index in [-0.39, 0.29) is 23.5 Å². The van der Waals surface area contributed by atoms with E-state index in [1.54, 1.807) is 0 Å². The molecule has 19 heavy (non-hydrogen) atoms. The van der Waals surface area contributed by atoms with Crippen molar-refractivity contribution in [3.05, 3.63) is 0 Å². The summed E-state index contributed by atoms with van der Waals surface area (Å²) in [4.78, 5) is 11.9. The van der Waals surface area contributed by atoms with Crippen molar-refractivity contribution in [3.63, 3.8) is 0 Å². The van der Waals surface area contributed by atoms with Gasteiger partial charge >= 0.3 is 0 Å². The van der Waals surface area contributed by atoms with Crippen LogP contribution in [0.3, 0.4) is 0 Å². The first-order chi connectivity index (χ1) is 8.86. The molecule has 1 amide bonds. The maximum atomic E-state index is 11.9. The third-order valence-electron chi connectivity index (χ3n) is 3.77. The lowest BCUT2D eigenvalue weighted by Crippen LogP contribution is -2.48. The zero-order valence-corrected chi connectivity index (χ0v) is 12.9. The van der Waals surface area contributed by atoms with Crippen LogP contribution in [-0.4, -0.2) is 31.2 Å². The molecule has 1 heterocycles. The number of ether oxygens (including phenoxy) is 1. The van der Waals surface area contributed by atoms with Gasteiger partial charge in [0.05, 0.1) is 12.1 Å².